The van der Waals surface area contributed by atoms with Gasteiger partial charge in [0.15, 0.2) is 5.13 Å². The van der Waals surface area contributed by atoms with Crippen LogP contribution in [0.25, 0.3) is 0 Å². The van der Waals surface area contributed by atoms with Crippen LogP contribution < -0.4 is 5.32 Å². The number of amides is 2. The van der Waals surface area contributed by atoms with Crippen molar-refractivity contribution in [3.05, 3.63) is 80.8 Å². The molecular weight excluding hydrogens is 469 g/mol. The number of ether oxygens (including phenoxy) is 1. The highest BCUT2D eigenvalue weighted by atomic mass is 35.5. The minimum atomic E-state index is -0.573. The van der Waals surface area contributed by atoms with Crippen LogP contribution >= 0.6 is 34.5 Å². The maximum Gasteiger partial charge on any atom is 0.410 e. The molecule has 0 aliphatic carbocycles. The first-order valence-electron chi connectivity index (χ1n) is 10.2. The minimum absolute atomic E-state index is 0.174. The molecule has 1 unspecified atom stereocenters. The van der Waals surface area contributed by atoms with Gasteiger partial charge in [-0.2, -0.15) is 0 Å². The predicted octanol–water partition coefficient (Wildman–Crippen LogP) is 5.78. The van der Waals surface area contributed by atoms with Crippen LogP contribution in [-0.4, -0.2) is 34.5 Å². The normalized spacial score (nSPS) is 15.6. The second kappa shape index (κ2) is 10.3. The van der Waals surface area contributed by atoms with E-state index in [-0.39, 0.29) is 12.5 Å². The number of anilines is 1. The molecule has 1 atom stereocenters. The number of aromatic nitrogens is 1. The fraction of sp³-hybridized carbons (Fsp3) is 0.261. The van der Waals surface area contributed by atoms with E-state index in [1.54, 1.807) is 18.3 Å². The van der Waals surface area contributed by atoms with Crippen molar-refractivity contribution in [3.8, 4) is 0 Å². The quantitative estimate of drug-likeness (QED) is 0.476. The van der Waals surface area contributed by atoms with E-state index in [4.69, 9.17) is 27.9 Å². The number of hydrogen-bond acceptors (Lipinski definition) is 5. The average Bonchev–Trinajstić information content (AvgIpc) is 3.44. The number of carbonyl (C=O) groups excluding carboxylic acids is 2. The molecule has 2 aromatic carbocycles. The summed E-state index contributed by atoms with van der Waals surface area (Å²) in [7, 11) is 0. The summed E-state index contributed by atoms with van der Waals surface area (Å²) < 4.78 is 5.40. The van der Waals surface area contributed by atoms with E-state index in [1.165, 1.54) is 16.2 Å². The van der Waals surface area contributed by atoms with E-state index < -0.39 is 12.1 Å². The molecule has 1 aliphatic heterocycles. The van der Waals surface area contributed by atoms with Crippen molar-refractivity contribution in [2.45, 2.75) is 31.9 Å². The van der Waals surface area contributed by atoms with Crippen LogP contribution in [-0.2, 0) is 22.6 Å². The zero-order valence-electron chi connectivity index (χ0n) is 17.1. The summed E-state index contributed by atoms with van der Waals surface area (Å²) >= 11 is 13.6. The number of halogens is 2. The number of rotatable bonds is 6. The topological polar surface area (TPSA) is 71.5 Å². The zero-order chi connectivity index (χ0) is 22.5. The molecule has 9 heteroatoms. The van der Waals surface area contributed by atoms with E-state index >= 15 is 0 Å². The van der Waals surface area contributed by atoms with Gasteiger partial charge in [0.05, 0.1) is 0 Å². The lowest BCUT2D eigenvalue weighted by Gasteiger charge is -2.22. The summed E-state index contributed by atoms with van der Waals surface area (Å²) in [6.45, 7) is 0.664. The highest BCUT2D eigenvalue weighted by molar-refractivity contribution is 7.15. The van der Waals surface area contributed by atoms with Crippen LogP contribution in [0, 0.1) is 0 Å². The van der Waals surface area contributed by atoms with E-state index in [1.807, 2.05) is 36.4 Å². The van der Waals surface area contributed by atoms with Crippen molar-refractivity contribution in [1.82, 2.24) is 9.88 Å². The van der Waals surface area contributed by atoms with E-state index in [2.05, 4.69) is 10.3 Å². The molecule has 32 heavy (non-hydrogen) atoms. The molecule has 1 fully saturated rings. The number of thiazole rings is 1. The first-order valence-corrected chi connectivity index (χ1v) is 11.7. The number of nitrogens with zero attached hydrogens (tertiary/aromatic N) is 2. The summed E-state index contributed by atoms with van der Waals surface area (Å²) in [6, 6.07) is 14.2. The molecule has 2 heterocycles. The summed E-state index contributed by atoms with van der Waals surface area (Å²) in [5, 5.41) is 4.50. The number of benzene rings is 2. The summed E-state index contributed by atoms with van der Waals surface area (Å²) in [5.74, 6) is -0.260. The monoisotopic (exact) mass is 489 g/mol. The van der Waals surface area contributed by atoms with E-state index in [9.17, 15) is 9.59 Å². The Hall–Kier alpha value is -2.61. The van der Waals surface area contributed by atoms with Gasteiger partial charge in [-0.1, -0.05) is 59.6 Å². The van der Waals surface area contributed by atoms with Crippen molar-refractivity contribution >= 4 is 51.7 Å². The van der Waals surface area contributed by atoms with Gasteiger partial charge in [-0.15, -0.1) is 11.3 Å². The molecule has 1 N–H and O–H groups in total. The van der Waals surface area contributed by atoms with E-state index in [0.29, 0.717) is 34.6 Å². The van der Waals surface area contributed by atoms with Crippen LogP contribution in [0.4, 0.5) is 9.93 Å². The van der Waals surface area contributed by atoms with Gasteiger partial charge in [-0.25, -0.2) is 9.78 Å². The fourth-order valence-electron chi connectivity index (χ4n) is 3.55. The summed E-state index contributed by atoms with van der Waals surface area (Å²) in [5.41, 5.74) is 1.83. The highest BCUT2D eigenvalue weighted by Gasteiger charge is 2.35. The number of carbonyl (C=O) groups is 2. The predicted molar refractivity (Wildman–Crippen MR) is 126 cm³/mol. The second-order valence-corrected chi connectivity index (χ2v) is 9.38. The van der Waals surface area contributed by atoms with Gasteiger partial charge >= 0.3 is 6.09 Å². The molecule has 0 saturated carbocycles. The maximum absolute atomic E-state index is 12.8. The summed E-state index contributed by atoms with van der Waals surface area (Å²) in [6.07, 6.45) is 3.15. The lowest BCUT2D eigenvalue weighted by atomic mass is 10.1. The number of likely N-dealkylation sites (tertiary alicyclic amines) is 1. The van der Waals surface area contributed by atoms with Crippen LogP contribution in [0.5, 0.6) is 0 Å². The highest BCUT2D eigenvalue weighted by Crippen LogP contribution is 2.28. The van der Waals surface area contributed by atoms with Crippen molar-refractivity contribution in [3.63, 3.8) is 0 Å². The average molecular weight is 490 g/mol. The molecule has 1 aromatic heterocycles. The maximum atomic E-state index is 12.8. The van der Waals surface area contributed by atoms with Crippen LogP contribution in [0.1, 0.15) is 28.8 Å². The van der Waals surface area contributed by atoms with Crippen LogP contribution in [0.3, 0.4) is 0 Å². The van der Waals surface area contributed by atoms with Crippen LogP contribution in [0.15, 0.2) is 54.7 Å². The first kappa shape index (κ1) is 22.6. The Morgan fingerprint density at radius 2 is 2.00 bits per heavy atom. The Morgan fingerprint density at radius 3 is 2.78 bits per heavy atom. The zero-order valence-corrected chi connectivity index (χ0v) is 19.4. The molecule has 2 amide bonds. The molecule has 4 rings (SSSR count). The van der Waals surface area contributed by atoms with Gasteiger partial charge in [-0.05, 0) is 36.1 Å². The molecule has 1 saturated heterocycles. The molecule has 1 aliphatic rings. The molecular formula is C23H21Cl2N3O3S. The largest absolute Gasteiger partial charge is 0.445 e. The third-order valence-corrected chi connectivity index (χ3v) is 6.66. The van der Waals surface area contributed by atoms with Crippen molar-refractivity contribution < 1.29 is 14.3 Å². The SMILES string of the molecule is O=C(Nc1ncc(Cc2ccc(Cl)cc2Cl)s1)C1CCCN1C(=O)OCc1ccccc1. The number of hydrogen-bond donors (Lipinski definition) is 1. The molecule has 0 spiro atoms. The Kier molecular flexibility index (Phi) is 7.29. The molecule has 0 bridgehead atoms. The van der Waals surface area contributed by atoms with Gasteiger partial charge in [-0.3, -0.25) is 9.69 Å². The van der Waals surface area contributed by atoms with E-state index in [0.717, 1.165) is 22.4 Å². The number of nitrogens with one attached hydrogen (secondary N) is 1. The Bertz CT molecular complexity index is 1110. The Morgan fingerprint density at radius 1 is 1.19 bits per heavy atom. The molecule has 0 radical (unpaired) electrons. The van der Waals surface area contributed by atoms with Crippen molar-refractivity contribution in [1.29, 1.82) is 0 Å². The third kappa shape index (κ3) is 5.59. The molecule has 166 valence electrons. The lowest BCUT2D eigenvalue weighted by molar-refractivity contribution is -0.120. The first-order chi connectivity index (χ1) is 15.5. The van der Waals surface area contributed by atoms with Gasteiger partial charge in [0.2, 0.25) is 5.91 Å². The van der Waals surface area contributed by atoms with Gasteiger partial charge in [0.25, 0.3) is 0 Å². The van der Waals surface area contributed by atoms with Crippen molar-refractivity contribution in [2.24, 2.45) is 0 Å². The van der Waals surface area contributed by atoms with Crippen molar-refractivity contribution in [2.75, 3.05) is 11.9 Å². The van der Waals surface area contributed by atoms with Crippen LogP contribution in [0.2, 0.25) is 10.0 Å². The standard InChI is InChI=1S/C23H21Cl2N3O3S/c24-17-9-8-16(19(25)12-17)11-18-13-26-22(32-18)27-21(29)20-7-4-10-28(20)23(30)31-14-15-5-2-1-3-6-15/h1-3,5-6,8-9,12-13,20H,4,7,10-11,14H2,(H,26,27,29). The fourth-order valence-corrected chi connectivity index (χ4v) is 4.86. The van der Waals surface area contributed by atoms with Gasteiger partial charge < -0.3 is 10.1 Å². The summed E-state index contributed by atoms with van der Waals surface area (Å²) in [4.78, 5) is 32.1. The lowest BCUT2D eigenvalue weighted by Crippen LogP contribution is -2.43. The molecule has 6 nitrogen and oxygen atoms in total. The van der Waals surface area contributed by atoms with Gasteiger partial charge in [0.1, 0.15) is 12.6 Å². The third-order valence-electron chi connectivity index (χ3n) is 5.16. The smallest absolute Gasteiger partial charge is 0.410 e. The molecule has 3 aromatic rings. The Balaban J connectivity index is 1.34. The van der Waals surface area contributed by atoms with Gasteiger partial charge in [0, 0.05) is 34.1 Å². The minimum Gasteiger partial charge on any atom is -0.445 e. The second-order valence-electron chi connectivity index (χ2n) is 7.43. The Labute approximate surface area is 200 Å².